The molecule has 4 heterocycles. The van der Waals surface area contributed by atoms with E-state index in [-0.39, 0.29) is 18.4 Å². The molecule has 7 heteroatoms. The summed E-state index contributed by atoms with van der Waals surface area (Å²) >= 11 is 0. The Labute approximate surface area is 206 Å². The van der Waals surface area contributed by atoms with Crippen molar-refractivity contribution in [1.29, 1.82) is 0 Å². The van der Waals surface area contributed by atoms with Crippen molar-refractivity contribution < 1.29 is 22.6 Å². The predicted molar refractivity (Wildman–Crippen MR) is 129 cm³/mol. The summed E-state index contributed by atoms with van der Waals surface area (Å²) in [5.74, 6) is 1.79. The highest BCUT2D eigenvalue weighted by Gasteiger charge is 2.47. The van der Waals surface area contributed by atoms with Crippen molar-refractivity contribution in [2.75, 3.05) is 34.3 Å². The van der Waals surface area contributed by atoms with Crippen LogP contribution in [0.2, 0.25) is 0 Å². The van der Waals surface area contributed by atoms with Gasteiger partial charge in [-0.15, -0.1) is 0 Å². The van der Waals surface area contributed by atoms with Crippen molar-refractivity contribution >= 4 is 0 Å². The summed E-state index contributed by atoms with van der Waals surface area (Å²) in [7, 11) is 5.97. The van der Waals surface area contributed by atoms with Crippen LogP contribution in [0.25, 0.3) is 0 Å². The van der Waals surface area contributed by atoms with Crippen molar-refractivity contribution in [3.63, 3.8) is 0 Å². The van der Waals surface area contributed by atoms with E-state index in [1.54, 1.807) is 19.2 Å². The number of nitrogens with zero attached hydrogens (tertiary/aromatic N) is 2. The lowest BCUT2D eigenvalue weighted by Gasteiger charge is -2.54. The number of methoxy groups -OCH3 is 1. The minimum atomic E-state index is -4.31. The molecule has 3 fully saturated rings. The van der Waals surface area contributed by atoms with E-state index in [1.165, 1.54) is 23.3 Å². The van der Waals surface area contributed by atoms with Crippen molar-refractivity contribution in [3.05, 3.63) is 64.2 Å². The number of aryl methyl sites for hydroxylation is 1. The Morgan fingerprint density at radius 3 is 2.51 bits per heavy atom. The molecule has 3 saturated heterocycles. The van der Waals surface area contributed by atoms with Crippen LogP contribution >= 0.6 is 0 Å². The van der Waals surface area contributed by atoms with Crippen molar-refractivity contribution in [2.45, 2.75) is 57.2 Å². The van der Waals surface area contributed by atoms with Gasteiger partial charge in [0, 0.05) is 37.0 Å². The van der Waals surface area contributed by atoms with Crippen LogP contribution < -0.4 is 4.74 Å². The normalized spacial score (nSPS) is 30.1. The van der Waals surface area contributed by atoms with Crippen molar-refractivity contribution in [2.24, 2.45) is 11.8 Å². The van der Waals surface area contributed by atoms with Crippen molar-refractivity contribution in [3.8, 4) is 5.75 Å². The van der Waals surface area contributed by atoms with Crippen LogP contribution in [0.1, 0.15) is 46.8 Å². The smallest absolute Gasteiger partial charge is 0.416 e. The number of hydrogen-bond donors (Lipinski definition) is 0. The van der Waals surface area contributed by atoms with Crippen LogP contribution in [-0.4, -0.2) is 56.4 Å². The maximum absolute atomic E-state index is 13.1. The standard InChI is InChI=1S/C28H35F3N2O2/c1-17-5-10-22-23(26(17)34-4)15-25-33-12-11-19(24(16-32(2)3)27(22)35-25)14-21(33)13-18-6-8-20(9-7-18)28(29,30)31/h5-10,19,21,24-25,27H,11-16H2,1-4H3. The topological polar surface area (TPSA) is 24.9 Å². The second kappa shape index (κ2) is 9.41. The van der Waals surface area contributed by atoms with Gasteiger partial charge in [0.25, 0.3) is 0 Å². The Morgan fingerprint density at radius 2 is 1.86 bits per heavy atom. The summed E-state index contributed by atoms with van der Waals surface area (Å²) in [6.45, 7) is 3.97. The largest absolute Gasteiger partial charge is 0.496 e. The Morgan fingerprint density at radius 1 is 1.11 bits per heavy atom. The van der Waals surface area contributed by atoms with Gasteiger partial charge in [0.1, 0.15) is 12.0 Å². The van der Waals surface area contributed by atoms with E-state index in [0.29, 0.717) is 11.8 Å². The fraction of sp³-hybridized carbons (Fsp3) is 0.571. The fourth-order valence-corrected chi connectivity index (χ4v) is 6.60. The van der Waals surface area contributed by atoms with E-state index < -0.39 is 11.7 Å². The van der Waals surface area contributed by atoms with Crippen LogP contribution in [0.5, 0.6) is 5.75 Å². The highest BCUT2D eigenvalue weighted by molar-refractivity contribution is 5.48. The first-order valence-corrected chi connectivity index (χ1v) is 12.5. The predicted octanol–water partition coefficient (Wildman–Crippen LogP) is 5.48. The molecule has 2 aromatic carbocycles. The van der Waals surface area contributed by atoms with Crippen molar-refractivity contribution in [1.82, 2.24) is 9.80 Å². The molecule has 0 spiro atoms. The van der Waals surface area contributed by atoms with Crippen LogP contribution in [0.4, 0.5) is 13.2 Å². The van der Waals surface area contributed by atoms with Crippen LogP contribution in [0.15, 0.2) is 36.4 Å². The minimum Gasteiger partial charge on any atom is -0.496 e. The van der Waals surface area contributed by atoms with Gasteiger partial charge in [-0.1, -0.05) is 24.3 Å². The Balaban J connectivity index is 1.49. The van der Waals surface area contributed by atoms with E-state index in [2.05, 4.69) is 43.0 Å². The third-order valence-electron chi connectivity index (χ3n) is 8.18. The maximum atomic E-state index is 13.1. The zero-order chi connectivity index (χ0) is 24.9. The lowest BCUT2D eigenvalue weighted by Crippen LogP contribution is -2.57. The van der Waals surface area contributed by atoms with Gasteiger partial charge < -0.3 is 14.4 Å². The molecule has 6 atom stereocenters. The quantitative estimate of drug-likeness (QED) is 0.557. The monoisotopic (exact) mass is 488 g/mol. The van der Waals surface area contributed by atoms with E-state index in [1.807, 2.05) is 0 Å². The average Bonchev–Trinajstić information content (AvgIpc) is 2.81. The number of alkyl halides is 3. The first-order chi connectivity index (χ1) is 16.7. The summed E-state index contributed by atoms with van der Waals surface area (Å²) in [5.41, 5.74) is 3.99. The molecule has 190 valence electrons. The molecule has 0 N–H and O–H groups in total. The zero-order valence-electron chi connectivity index (χ0n) is 20.9. The lowest BCUT2D eigenvalue weighted by molar-refractivity contribution is -0.189. The summed E-state index contributed by atoms with van der Waals surface area (Å²) in [6.07, 6.45) is -0.708. The molecule has 0 aliphatic carbocycles. The Kier molecular flexibility index (Phi) is 6.62. The van der Waals surface area contributed by atoms with Crippen LogP contribution in [-0.2, 0) is 23.8 Å². The molecule has 0 aromatic heterocycles. The molecule has 2 aromatic rings. The van der Waals surface area contributed by atoms with Gasteiger partial charge in [-0.3, -0.25) is 4.90 Å². The highest BCUT2D eigenvalue weighted by atomic mass is 19.4. The molecule has 0 saturated carbocycles. The lowest BCUT2D eigenvalue weighted by atomic mass is 9.72. The highest BCUT2D eigenvalue weighted by Crippen LogP contribution is 2.49. The SMILES string of the molecule is COc1c(C)ccc2c1CC1OC2C(CN(C)C)C2CCN1C(Cc1ccc(C(F)(F)F)cc1)C2. The Hall–Kier alpha value is -2.09. The number of fused-ring (bicyclic) bond motifs is 3. The first-order valence-electron chi connectivity index (χ1n) is 12.5. The summed E-state index contributed by atoms with van der Waals surface area (Å²) in [4.78, 5) is 4.72. The van der Waals surface area contributed by atoms with Gasteiger partial charge in [-0.25, -0.2) is 0 Å². The molecular formula is C28H35F3N2O2. The summed E-state index contributed by atoms with van der Waals surface area (Å²) in [6, 6.07) is 10.3. The summed E-state index contributed by atoms with van der Waals surface area (Å²) < 4.78 is 51.9. The second-order valence-electron chi connectivity index (χ2n) is 10.7. The van der Waals surface area contributed by atoms with Gasteiger partial charge in [0.05, 0.1) is 18.8 Å². The van der Waals surface area contributed by atoms with Crippen LogP contribution in [0, 0.1) is 18.8 Å². The number of ether oxygens (including phenoxy) is 2. The second-order valence-corrected chi connectivity index (χ2v) is 10.7. The van der Waals surface area contributed by atoms with E-state index in [9.17, 15) is 13.2 Å². The molecular weight excluding hydrogens is 453 g/mol. The van der Waals surface area contributed by atoms with Gasteiger partial charge in [0.2, 0.25) is 0 Å². The number of halogens is 3. The molecule has 0 amide bonds. The first kappa shape index (κ1) is 24.6. The van der Waals surface area contributed by atoms with Gasteiger partial charge >= 0.3 is 6.18 Å². The van der Waals surface area contributed by atoms with Gasteiger partial charge in [-0.05, 0) is 75.0 Å². The molecule has 4 aliphatic rings. The number of hydrogen-bond acceptors (Lipinski definition) is 4. The third kappa shape index (κ3) is 4.70. The van der Waals surface area contributed by atoms with Gasteiger partial charge in [0.15, 0.2) is 0 Å². The van der Waals surface area contributed by atoms with Crippen LogP contribution in [0.3, 0.4) is 0 Å². The third-order valence-corrected chi connectivity index (χ3v) is 8.18. The number of benzene rings is 2. The zero-order valence-corrected chi connectivity index (χ0v) is 20.9. The van der Waals surface area contributed by atoms with E-state index in [0.717, 1.165) is 55.6 Å². The average molecular weight is 489 g/mol. The molecule has 4 aliphatic heterocycles. The Bertz CT molecular complexity index is 1050. The molecule has 0 radical (unpaired) electrons. The fourth-order valence-electron chi connectivity index (χ4n) is 6.60. The minimum absolute atomic E-state index is 0.0143. The molecule has 35 heavy (non-hydrogen) atoms. The van der Waals surface area contributed by atoms with E-state index in [4.69, 9.17) is 9.47 Å². The molecule has 6 rings (SSSR count). The van der Waals surface area contributed by atoms with Gasteiger partial charge in [-0.2, -0.15) is 13.2 Å². The summed E-state index contributed by atoms with van der Waals surface area (Å²) in [5, 5.41) is 0. The number of piperidine rings is 1. The van der Waals surface area contributed by atoms with E-state index >= 15 is 0 Å². The molecule has 6 unspecified atom stereocenters. The molecule has 4 bridgehead atoms. The number of rotatable bonds is 5. The molecule has 4 nitrogen and oxygen atoms in total. The maximum Gasteiger partial charge on any atom is 0.416 e.